The Morgan fingerprint density at radius 1 is 1.45 bits per heavy atom. The number of carbonyl (C=O) groups excluding carboxylic acids is 1. The third-order valence-corrected chi connectivity index (χ3v) is 4.46. The van der Waals surface area contributed by atoms with Crippen molar-refractivity contribution >= 4 is 5.91 Å². The van der Waals surface area contributed by atoms with E-state index >= 15 is 0 Å². The molecule has 2 saturated heterocycles. The molecule has 3 rings (SSSR count). The number of aryl methyl sites for hydroxylation is 1. The third kappa shape index (κ3) is 3.64. The molecule has 3 heterocycles. The van der Waals surface area contributed by atoms with Crippen molar-refractivity contribution < 1.29 is 14.1 Å². The normalized spacial score (nSPS) is 25.7. The first-order valence-electron chi connectivity index (χ1n) is 8.02. The lowest BCUT2D eigenvalue weighted by atomic mass is 10.2. The minimum Gasteiger partial charge on any atom is -0.377 e. The molecule has 0 radical (unpaired) electrons. The fourth-order valence-corrected chi connectivity index (χ4v) is 3.36. The quantitative estimate of drug-likeness (QED) is 0.807. The van der Waals surface area contributed by atoms with Gasteiger partial charge in [0, 0.05) is 46.1 Å². The highest BCUT2D eigenvalue weighted by molar-refractivity contribution is 5.73. The van der Waals surface area contributed by atoms with Gasteiger partial charge < -0.3 is 14.2 Å². The van der Waals surface area contributed by atoms with E-state index in [2.05, 4.69) is 15.0 Å². The lowest BCUT2D eigenvalue weighted by Gasteiger charge is -2.27. The Morgan fingerprint density at radius 2 is 2.32 bits per heavy atom. The molecule has 0 saturated carbocycles. The van der Waals surface area contributed by atoms with Crippen LogP contribution in [0.1, 0.15) is 37.9 Å². The van der Waals surface area contributed by atoms with Crippen LogP contribution in [0.4, 0.5) is 0 Å². The van der Waals surface area contributed by atoms with Crippen LogP contribution in [0.5, 0.6) is 0 Å². The highest BCUT2D eigenvalue weighted by Crippen LogP contribution is 2.21. The molecular weight excluding hydrogens is 284 g/mol. The smallest absolute Gasteiger partial charge is 0.223 e. The number of nitrogens with zero attached hydrogens (tertiary/aromatic N) is 4. The number of hydrogen-bond donors (Lipinski definition) is 0. The fraction of sp³-hybridized carbons (Fsp3) is 0.800. The average Bonchev–Trinajstić information content (AvgIpc) is 3.19. The van der Waals surface area contributed by atoms with Crippen molar-refractivity contribution in [2.24, 2.45) is 0 Å². The van der Waals surface area contributed by atoms with Crippen molar-refractivity contribution in [3.63, 3.8) is 0 Å². The Hall–Kier alpha value is -1.47. The summed E-state index contributed by atoms with van der Waals surface area (Å²) in [5.74, 6) is 1.17. The first kappa shape index (κ1) is 15.4. The molecule has 0 aromatic carbocycles. The second kappa shape index (κ2) is 6.75. The van der Waals surface area contributed by atoms with Gasteiger partial charge in [-0.1, -0.05) is 5.16 Å². The summed E-state index contributed by atoms with van der Waals surface area (Å²) in [6, 6.07) is 0.220. The molecule has 7 nitrogen and oxygen atoms in total. The van der Waals surface area contributed by atoms with Crippen LogP contribution in [-0.4, -0.2) is 64.2 Å². The maximum atomic E-state index is 12.0. The molecule has 2 unspecified atom stereocenters. The predicted molar refractivity (Wildman–Crippen MR) is 79.1 cm³/mol. The zero-order chi connectivity index (χ0) is 15.5. The highest BCUT2D eigenvalue weighted by Gasteiger charge is 2.31. The summed E-state index contributed by atoms with van der Waals surface area (Å²) in [6.07, 6.45) is 3.67. The Bertz CT molecular complexity index is 513. The Kier molecular flexibility index (Phi) is 4.73. The number of aromatic nitrogens is 2. The van der Waals surface area contributed by atoms with Gasteiger partial charge in [0.15, 0.2) is 5.82 Å². The topological polar surface area (TPSA) is 71.7 Å². The molecule has 2 aliphatic rings. The zero-order valence-electron chi connectivity index (χ0n) is 13.3. The van der Waals surface area contributed by atoms with Crippen LogP contribution in [0.3, 0.4) is 0 Å². The summed E-state index contributed by atoms with van der Waals surface area (Å²) in [7, 11) is 0. The lowest BCUT2D eigenvalue weighted by Crippen LogP contribution is -2.41. The van der Waals surface area contributed by atoms with Crippen LogP contribution >= 0.6 is 0 Å². The van der Waals surface area contributed by atoms with E-state index in [-0.39, 0.29) is 11.9 Å². The van der Waals surface area contributed by atoms with Gasteiger partial charge in [-0.2, -0.15) is 4.98 Å². The van der Waals surface area contributed by atoms with E-state index in [4.69, 9.17) is 9.26 Å². The van der Waals surface area contributed by atoms with E-state index in [0.717, 1.165) is 39.1 Å². The van der Waals surface area contributed by atoms with E-state index in [1.165, 1.54) is 6.42 Å². The van der Waals surface area contributed by atoms with E-state index in [1.807, 2.05) is 4.90 Å². The minimum atomic E-state index is 0.0615. The molecule has 0 N–H and O–H groups in total. The molecule has 0 aliphatic carbocycles. The molecule has 2 fully saturated rings. The van der Waals surface area contributed by atoms with E-state index in [9.17, 15) is 4.79 Å². The van der Waals surface area contributed by atoms with Crippen LogP contribution in [0.15, 0.2) is 4.52 Å². The highest BCUT2D eigenvalue weighted by atomic mass is 16.5. The second-order valence-electron chi connectivity index (χ2n) is 6.21. The van der Waals surface area contributed by atoms with Gasteiger partial charge in [-0.05, 0) is 19.3 Å². The van der Waals surface area contributed by atoms with Crippen molar-refractivity contribution in [1.29, 1.82) is 0 Å². The van der Waals surface area contributed by atoms with E-state index < -0.39 is 0 Å². The minimum absolute atomic E-state index is 0.0615. The van der Waals surface area contributed by atoms with Crippen molar-refractivity contribution in [1.82, 2.24) is 19.9 Å². The molecule has 2 aliphatic heterocycles. The molecule has 1 aromatic rings. The Labute approximate surface area is 130 Å². The van der Waals surface area contributed by atoms with Crippen LogP contribution in [0.25, 0.3) is 0 Å². The van der Waals surface area contributed by atoms with Gasteiger partial charge in [0.05, 0.1) is 12.6 Å². The van der Waals surface area contributed by atoms with Crippen molar-refractivity contribution in [3.05, 3.63) is 11.7 Å². The van der Waals surface area contributed by atoms with Crippen LogP contribution in [-0.2, 0) is 16.1 Å². The number of rotatable bonds is 5. The standard InChI is InChI=1S/C15H24N4O3/c1-11-16-15(17-22-11)10-19(12(2)20)13-5-6-18(8-13)9-14-4-3-7-21-14/h13-14H,3-10H2,1-2H3. The molecule has 22 heavy (non-hydrogen) atoms. The van der Waals surface area contributed by atoms with Gasteiger partial charge in [0.25, 0.3) is 0 Å². The molecule has 1 aromatic heterocycles. The maximum absolute atomic E-state index is 12.0. The van der Waals surface area contributed by atoms with Crippen molar-refractivity contribution in [2.45, 2.75) is 51.8 Å². The fourth-order valence-electron chi connectivity index (χ4n) is 3.36. The van der Waals surface area contributed by atoms with Gasteiger partial charge >= 0.3 is 0 Å². The van der Waals surface area contributed by atoms with Gasteiger partial charge in [0.2, 0.25) is 11.8 Å². The molecule has 122 valence electrons. The van der Waals surface area contributed by atoms with Gasteiger partial charge in [0.1, 0.15) is 0 Å². The van der Waals surface area contributed by atoms with Crippen molar-refractivity contribution in [3.8, 4) is 0 Å². The Balaban J connectivity index is 1.57. The SMILES string of the molecule is CC(=O)N(Cc1noc(C)n1)C1CCN(CC2CCCO2)C1. The summed E-state index contributed by atoms with van der Waals surface area (Å²) in [5, 5.41) is 3.90. The van der Waals surface area contributed by atoms with E-state index in [0.29, 0.717) is 24.4 Å². The molecular formula is C15H24N4O3. The van der Waals surface area contributed by atoms with Gasteiger partial charge in [-0.15, -0.1) is 0 Å². The molecule has 0 spiro atoms. The monoisotopic (exact) mass is 308 g/mol. The lowest BCUT2D eigenvalue weighted by molar-refractivity contribution is -0.131. The summed E-state index contributed by atoms with van der Waals surface area (Å²) < 4.78 is 10.7. The third-order valence-electron chi connectivity index (χ3n) is 4.46. The van der Waals surface area contributed by atoms with Gasteiger partial charge in [-0.3, -0.25) is 9.69 Å². The van der Waals surface area contributed by atoms with Crippen LogP contribution in [0.2, 0.25) is 0 Å². The van der Waals surface area contributed by atoms with Gasteiger partial charge in [-0.25, -0.2) is 0 Å². The average molecular weight is 308 g/mol. The maximum Gasteiger partial charge on any atom is 0.223 e. The first-order chi connectivity index (χ1) is 10.6. The molecule has 0 bridgehead atoms. The van der Waals surface area contributed by atoms with Crippen LogP contribution in [0, 0.1) is 6.92 Å². The number of hydrogen-bond acceptors (Lipinski definition) is 6. The first-order valence-corrected chi connectivity index (χ1v) is 8.02. The molecule has 2 atom stereocenters. The number of amides is 1. The predicted octanol–water partition coefficient (Wildman–Crippen LogP) is 0.980. The zero-order valence-corrected chi connectivity index (χ0v) is 13.3. The van der Waals surface area contributed by atoms with Crippen LogP contribution < -0.4 is 0 Å². The molecule has 1 amide bonds. The Morgan fingerprint density at radius 3 is 2.95 bits per heavy atom. The summed E-state index contributed by atoms with van der Waals surface area (Å²) >= 11 is 0. The second-order valence-corrected chi connectivity index (χ2v) is 6.21. The summed E-state index contributed by atoms with van der Waals surface area (Å²) in [6.45, 7) is 7.56. The van der Waals surface area contributed by atoms with Crippen molar-refractivity contribution in [2.75, 3.05) is 26.2 Å². The van der Waals surface area contributed by atoms with E-state index in [1.54, 1.807) is 13.8 Å². The summed E-state index contributed by atoms with van der Waals surface area (Å²) in [5.41, 5.74) is 0. The molecule has 7 heteroatoms. The number of ether oxygens (including phenoxy) is 1. The number of likely N-dealkylation sites (tertiary alicyclic amines) is 1. The summed E-state index contributed by atoms with van der Waals surface area (Å²) in [4.78, 5) is 20.5. The largest absolute Gasteiger partial charge is 0.377 e. The number of carbonyl (C=O) groups is 1.